The highest BCUT2D eigenvalue weighted by atomic mass is 16.5. The fraction of sp³-hybridized carbons (Fsp3) is 0.947. The molecule has 1 spiro atoms. The Bertz CT molecular complexity index is 425. The first-order valence-corrected chi connectivity index (χ1v) is 9.49. The topological polar surface area (TPSA) is 43.8 Å². The maximum atomic E-state index is 13.4. The molecule has 4 heteroatoms. The van der Waals surface area contributed by atoms with Gasteiger partial charge in [-0.2, -0.15) is 5.06 Å². The van der Waals surface area contributed by atoms with Crippen molar-refractivity contribution in [2.24, 2.45) is 0 Å². The molecule has 0 aromatic heterocycles. The number of nitrogens with zero attached hydrogens (tertiary/aromatic N) is 2. The van der Waals surface area contributed by atoms with Crippen LogP contribution in [0, 0.1) is 0 Å². The van der Waals surface area contributed by atoms with Crippen LogP contribution in [0.2, 0.25) is 0 Å². The Labute approximate surface area is 142 Å². The molecule has 0 atom stereocenters. The number of hydrogen-bond donors (Lipinski definition) is 1. The van der Waals surface area contributed by atoms with Crippen LogP contribution in [0.4, 0.5) is 0 Å². The van der Waals surface area contributed by atoms with Gasteiger partial charge in [-0.25, -0.2) is 0 Å². The molecule has 0 unspecified atom stereocenters. The van der Waals surface area contributed by atoms with Gasteiger partial charge in [-0.1, -0.05) is 45.4 Å². The number of hydroxylamine groups is 2. The van der Waals surface area contributed by atoms with E-state index in [0.717, 1.165) is 38.5 Å². The van der Waals surface area contributed by atoms with E-state index in [1.54, 1.807) is 0 Å². The lowest BCUT2D eigenvalue weighted by Crippen LogP contribution is -2.75. The maximum Gasteiger partial charge on any atom is 0.245 e. The second-order valence-electron chi connectivity index (χ2n) is 8.88. The van der Waals surface area contributed by atoms with E-state index < -0.39 is 11.1 Å². The molecule has 1 saturated carbocycles. The van der Waals surface area contributed by atoms with Crippen LogP contribution in [0.15, 0.2) is 0 Å². The number of hydrogen-bond acceptors (Lipinski definition) is 3. The lowest BCUT2D eigenvalue weighted by Gasteiger charge is -2.59. The quantitative estimate of drug-likeness (QED) is 0.764. The van der Waals surface area contributed by atoms with Gasteiger partial charge in [-0.15, -0.1) is 0 Å². The molecule has 1 N–H and O–H groups in total. The number of unbranched alkanes of at least 4 members (excludes halogenated alkanes) is 2. The fourth-order valence-corrected chi connectivity index (χ4v) is 4.44. The number of piperazine rings is 1. The van der Waals surface area contributed by atoms with Gasteiger partial charge < -0.3 is 10.1 Å². The first-order valence-electron chi connectivity index (χ1n) is 9.49. The average molecular weight is 325 g/mol. The van der Waals surface area contributed by atoms with Crippen LogP contribution in [0.1, 0.15) is 92.4 Å². The molecule has 23 heavy (non-hydrogen) atoms. The van der Waals surface area contributed by atoms with Gasteiger partial charge in [0.15, 0.2) is 0 Å². The maximum absolute atomic E-state index is 13.4. The van der Waals surface area contributed by atoms with Crippen molar-refractivity contribution in [1.82, 2.24) is 9.96 Å². The number of amides is 1. The molecule has 1 amide bonds. The van der Waals surface area contributed by atoms with Crippen LogP contribution in [-0.4, -0.2) is 44.2 Å². The summed E-state index contributed by atoms with van der Waals surface area (Å²) in [5.74, 6) is 0.153. The molecule has 2 fully saturated rings. The predicted octanol–water partition coefficient (Wildman–Crippen LogP) is 4.36. The Morgan fingerprint density at radius 2 is 1.74 bits per heavy atom. The van der Waals surface area contributed by atoms with Crippen molar-refractivity contribution in [2.45, 2.75) is 109 Å². The summed E-state index contributed by atoms with van der Waals surface area (Å²) in [5, 5.41) is 12.3. The van der Waals surface area contributed by atoms with Crippen molar-refractivity contribution in [3.05, 3.63) is 0 Å². The Morgan fingerprint density at radius 3 is 2.30 bits per heavy atom. The van der Waals surface area contributed by atoms with Gasteiger partial charge in [0.05, 0.1) is 5.54 Å². The van der Waals surface area contributed by atoms with Crippen molar-refractivity contribution in [2.75, 3.05) is 6.54 Å². The minimum atomic E-state index is -0.692. The minimum absolute atomic E-state index is 0.144. The van der Waals surface area contributed by atoms with Gasteiger partial charge in [0.25, 0.3) is 0 Å². The average Bonchev–Trinajstić information content (AvgIpc) is 2.51. The van der Waals surface area contributed by atoms with Gasteiger partial charge in [0, 0.05) is 12.1 Å². The van der Waals surface area contributed by atoms with Crippen molar-refractivity contribution in [3.63, 3.8) is 0 Å². The monoisotopic (exact) mass is 324 g/mol. The van der Waals surface area contributed by atoms with Crippen molar-refractivity contribution in [3.8, 4) is 0 Å². The van der Waals surface area contributed by atoms with E-state index in [1.165, 1.54) is 24.3 Å². The zero-order valence-corrected chi connectivity index (χ0v) is 15.8. The van der Waals surface area contributed by atoms with E-state index in [2.05, 4.69) is 39.5 Å². The molecule has 4 nitrogen and oxygen atoms in total. The van der Waals surface area contributed by atoms with Gasteiger partial charge in [-0.05, 0) is 47.0 Å². The third-order valence-corrected chi connectivity index (χ3v) is 5.97. The molecular weight excluding hydrogens is 288 g/mol. The van der Waals surface area contributed by atoms with E-state index in [9.17, 15) is 10.0 Å². The SMILES string of the molecule is CCCCCC(C)(C)N1CC(C)(C)N(O)C2(CCCCC2)C1=O. The first kappa shape index (κ1) is 18.7. The fourth-order valence-electron chi connectivity index (χ4n) is 4.44. The predicted molar refractivity (Wildman–Crippen MR) is 93.5 cm³/mol. The summed E-state index contributed by atoms with van der Waals surface area (Å²) in [5.41, 5.74) is -1.23. The molecule has 0 radical (unpaired) electrons. The van der Waals surface area contributed by atoms with Crippen LogP contribution < -0.4 is 0 Å². The molecule has 1 aliphatic carbocycles. The molecular formula is C19H36N2O2. The zero-order valence-electron chi connectivity index (χ0n) is 15.8. The van der Waals surface area contributed by atoms with Crippen molar-refractivity contribution >= 4 is 5.91 Å². The molecule has 2 aliphatic rings. The zero-order chi connectivity index (χ0) is 17.3. The number of rotatable bonds is 5. The highest BCUT2D eigenvalue weighted by molar-refractivity contribution is 5.88. The van der Waals surface area contributed by atoms with Crippen LogP contribution >= 0.6 is 0 Å². The second kappa shape index (κ2) is 6.72. The Hall–Kier alpha value is -0.610. The molecule has 1 aliphatic heterocycles. The summed E-state index contributed by atoms with van der Waals surface area (Å²) < 4.78 is 0. The van der Waals surface area contributed by atoms with Crippen LogP contribution in [0.3, 0.4) is 0 Å². The molecule has 0 bridgehead atoms. The van der Waals surface area contributed by atoms with Crippen LogP contribution in [-0.2, 0) is 4.79 Å². The molecule has 2 rings (SSSR count). The van der Waals surface area contributed by atoms with Crippen LogP contribution in [0.25, 0.3) is 0 Å². The Morgan fingerprint density at radius 1 is 1.13 bits per heavy atom. The summed E-state index contributed by atoms with van der Waals surface area (Å²) in [6, 6.07) is 0. The third-order valence-electron chi connectivity index (χ3n) is 5.97. The van der Waals surface area contributed by atoms with E-state index in [-0.39, 0.29) is 11.4 Å². The summed E-state index contributed by atoms with van der Waals surface area (Å²) >= 11 is 0. The largest absolute Gasteiger partial charge is 0.334 e. The summed E-state index contributed by atoms with van der Waals surface area (Å²) in [4.78, 5) is 15.5. The molecule has 0 aromatic rings. The lowest BCUT2D eigenvalue weighted by atomic mass is 9.74. The van der Waals surface area contributed by atoms with E-state index in [1.807, 2.05) is 0 Å². The lowest BCUT2D eigenvalue weighted by molar-refractivity contribution is -0.267. The summed E-state index contributed by atoms with van der Waals surface area (Å²) in [7, 11) is 0. The molecule has 134 valence electrons. The highest BCUT2D eigenvalue weighted by Gasteiger charge is 2.58. The summed E-state index contributed by atoms with van der Waals surface area (Å²) in [6.07, 6.45) is 9.40. The Kier molecular flexibility index (Phi) is 5.47. The van der Waals surface area contributed by atoms with Gasteiger partial charge >= 0.3 is 0 Å². The van der Waals surface area contributed by atoms with Gasteiger partial charge in [-0.3, -0.25) is 4.79 Å². The van der Waals surface area contributed by atoms with E-state index in [4.69, 9.17) is 0 Å². The second-order valence-corrected chi connectivity index (χ2v) is 8.88. The molecule has 1 heterocycles. The van der Waals surface area contributed by atoms with E-state index >= 15 is 0 Å². The summed E-state index contributed by atoms with van der Waals surface area (Å²) in [6.45, 7) is 11.3. The normalized spacial score (nSPS) is 25.1. The molecule has 0 aromatic carbocycles. The number of carbonyl (C=O) groups is 1. The van der Waals surface area contributed by atoms with Gasteiger partial charge in [0.1, 0.15) is 5.54 Å². The van der Waals surface area contributed by atoms with Crippen molar-refractivity contribution < 1.29 is 10.0 Å². The van der Waals surface area contributed by atoms with Crippen molar-refractivity contribution in [1.29, 1.82) is 0 Å². The third kappa shape index (κ3) is 3.43. The molecule has 1 saturated heterocycles. The van der Waals surface area contributed by atoms with Gasteiger partial charge in [0.2, 0.25) is 5.91 Å². The standard InChI is InChI=1S/C19H36N2O2/c1-6-7-9-12-17(2,3)20-15-18(4,5)21(23)19(16(20)22)13-10-8-11-14-19/h23H,6-15H2,1-5H3. The van der Waals surface area contributed by atoms with Crippen LogP contribution in [0.5, 0.6) is 0 Å². The smallest absolute Gasteiger partial charge is 0.245 e. The minimum Gasteiger partial charge on any atom is -0.334 e. The first-order chi connectivity index (χ1) is 10.7. The Balaban J connectivity index is 2.28. The highest BCUT2D eigenvalue weighted by Crippen LogP contribution is 2.44. The van der Waals surface area contributed by atoms with E-state index in [0.29, 0.717) is 6.54 Å². The number of carbonyl (C=O) groups excluding carboxylic acids is 1.